The Morgan fingerprint density at radius 1 is 1.45 bits per heavy atom. The van der Waals surface area contributed by atoms with Crippen LogP contribution in [0.3, 0.4) is 0 Å². The van der Waals surface area contributed by atoms with Gasteiger partial charge in [0.1, 0.15) is 11.4 Å². The molecule has 1 aliphatic heterocycles. The second-order valence-electron chi connectivity index (χ2n) is 4.95. The SMILES string of the molecule is COc1ccc(NC(=O)[C@@H](C)N2CCOCC2)c([N+](=O)[O-])c1. The fourth-order valence-corrected chi connectivity index (χ4v) is 2.26. The van der Waals surface area contributed by atoms with E-state index in [1.165, 1.54) is 19.2 Å². The topological polar surface area (TPSA) is 93.9 Å². The predicted molar refractivity (Wildman–Crippen MR) is 80.1 cm³/mol. The number of nitrogens with one attached hydrogen (secondary N) is 1. The van der Waals surface area contributed by atoms with Crippen molar-refractivity contribution < 1.29 is 19.2 Å². The molecule has 0 saturated carbocycles. The molecule has 0 unspecified atom stereocenters. The molecule has 1 N–H and O–H groups in total. The van der Waals surface area contributed by atoms with Gasteiger partial charge in [-0.1, -0.05) is 0 Å². The molecule has 120 valence electrons. The van der Waals surface area contributed by atoms with Gasteiger partial charge in [-0.25, -0.2) is 0 Å². The highest BCUT2D eigenvalue weighted by atomic mass is 16.6. The molecular formula is C14H19N3O5. The van der Waals surface area contributed by atoms with Crippen LogP contribution in [0.4, 0.5) is 11.4 Å². The zero-order valence-corrected chi connectivity index (χ0v) is 12.6. The molecule has 1 amide bonds. The van der Waals surface area contributed by atoms with E-state index in [0.717, 1.165) is 0 Å². The number of hydrogen-bond donors (Lipinski definition) is 1. The van der Waals surface area contributed by atoms with Crippen molar-refractivity contribution in [2.45, 2.75) is 13.0 Å². The van der Waals surface area contributed by atoms with Gasteiger partial charge in [0.15, 0.2) is 0 Å². The van der Waals surface area contributed by atoms with Gasteiger partial charge in [-0.2, -0.15) is 0 Å². The lowest BCUT2D eigenvalue weighted by Gasteiger charge is -2.31. The predicted octanol–water partition coefficient (Wildman–Crippen LogP) is 1.26. The smallest absolute Gasteiger partial charge is 0.296 e. The second kappa shape index (κ2) is 7.19. The summed E-state index contributed by atoms with van der Waals surface area (Å²) < 4.78 is 10.2. The Hall–Kier alpha value is -2.19. The molecule has 0 aromatic heterocycles. The number of ether oxygens (including phenoxy) is 2. The van der Waals surface area contributed by atoms with Crippen LogP contribution in [0.25, 0.3) is 0 Å². The van der Waals surface area contributed by atoms with Crippen LogP contribution in [0.5, 0.6) is 5.75 Å². The highest BCUT2D eigenvalue weighted by molar-refractivity contribution is 5.96. The fourth-order valence-electron chi connectivity index (χ4n) is 2.26. The van der Waals surface area contributed by atoms with Crippen LogP contribution in [0, 0.1) is 10.1 Å². The monoisotopic (exact) mass is 309 g/mol. The van der Waals surface area contributed by atoms with Crippen molar-refractivity contribution in [2.75, 3.05) is 38.7 Å². The summed E-state index contributed by atoms with van der Waals surface area (Å²) in [5.74, 6) is 0.0843. The molecular weight excluding hydrogens is 290 g/mol. The molecule has 1 fully saturated rings. The Morgan fingerprint density at radius 3 is 2.73 bits per heavy atom. The van der Waals surface area contributed by atoms with Crippen LogP contribution in [-0.4, -0.2) is 55.2 Å². The van der Waals surface area contributed by atoms with Crippen molar-refractivity contribution in [3.05, 3.63) is 28.3 Å². The maximum atomic E-state index is 12.3. The largest absolute Gasteiger partial charge is 0.496 e. The first kappa shape index (κ1) is 16.2. The van der Waals surface area contributed by atoms with Gasteiger partial charge in [-0.3, -0.25) is 19.8 Å². The first-order chi connectivity index (χ1) is 10.5. The number of methoxy groups -OCH3 is 1. The van der Waals surface area contributed by atoms with E-state index in [2.05, 4.69) is 5.32 Å². The lowest BCUT2D eigenvalue weighted by atomic mass is 10.2. The molecule has 8 nitrogen and oxygen atoms in total. The Morgan fingerprint density at radius 2 is 2.14 bits per heavy atom. The molecule has 1 saturated heterocycles. The number of nitro benzene ring substituents is 1. The standard InChI is InChI=1S/C14H19N3O5/c1-10(16-5-7-22-8-6-16)14(18)15-12-4-3-11(21-2)9-13(12)17(19)20/h3-4,9-10H,5-8H2,1-2H3,(H,15,18)/t10-/m1/s1. The van der Waals surface area contributed by atoms with Gasteiger partial charge >= 0.3 is 0 Å². The average Bonchev–Trinajstić information content (AvgIpc) is 2.55. The van der Waals surface area contributed by atoms with Gasteiger partial charge in [0, 0.05) is 13.1 Å². The molecule has 22 heavy (non-hydrogen) atoms. The number of benzene rings is 1. The molecule has 1 aromatic carbocycles. The second-order valence-corrected chi connectivity index (χ2v) is 4.95. The Balaban J connectivity index is 2.11. The van der Waals surface area contributed by atoms with E-state index in [-0.39, 0.29) is 23.3 Å². The molecule has 0 aliphatic carbocycles. The molecule has 0 radical (unpaired) electrons. The minimum atomic E-state index is -0.544. The summed E-state index contributed by atoms with van der Waals surface area (Å²) in [6.07, 6.45) is 0. The number of anilines is 1. The third-order valence-electron chi connectivity index (χ3n) is 3.63. The zero-order valence-electron chi connectivity index (χ0n) is 12.6. The molecule has 0 spiro atoms. The third kappa shape index (κ3) is 3.71. The van der Waals surface area contributed by atoms with Crippen LogP contribution in [0.15, 0.2) is 18.2 Å². The van der Waals surface area contributed by atoms with Gasteiger partial charge in [-0.15, -0.1) is 0 Å². The maximum Gasteiger partial charge on any atom is 0.296 e. The number of rotatable bonds is 5. The number of hydrogen-bond acceptors (Lipinski definition) is 6. The van der Waals surface area contributed by atoms with Gasteiger partial charge in [0.25, 0.3) is 5.69 Å². The normalized spacial score (nSPS) is 16.8. The average molecular weight is 309 g/mol. The van der Waals surface area contributed by atoms with E-state index in [4.69, 9.17) is 9.47 Å². The molecule has 1 atom stereocenters. The lowest BCUT2D eigenvalue weighted by molar-refractivity contribution is -0.384. The van der Waals surface area contributed by atoms with Gasteiger partial charge in [0.2, 0.25) is 5.91 Å². The minimum absolute atomic E-state index is 0.163. The number of carbonyl (C=O) groups is 1. The van der Waals surface area contributed by atoms with E-state index in [1.54, 1.807) is 13.0 Å². The number of nitro groups is 1. The summed E-state index contributed by atoms with van der Waals surface area (Å²) in [7, 11) is 1.43. The summed E-state index contributed by atoms with van der Waals surface area (Å²) in [6.45, 7) is 4.27. The zero-order chi connectivity index (χ0) is 16.1. The summed E-state index contributed by atoms with van der Waals surface area (Å²) >= 11 is 0. The summed E-state index contributed by atoms with van der Waals surface area (Å²) in [6, 6.07) is 3.95. The minimum Gasteiger partial charge on any atom is -0.496 e. The molecule has 8 heteroatoms. The number of amides is 1. The molecule has 1 aliphatic rings. The molecule has 1 heterocycles. The van der Waals surface area contributed by atoms with Crippen molar-refractivity contribution in [1.29, 1.82) is 0 Å². The van der Waals surface area contributed by atoms with E-state index in [0.29, 0.717) is 32.1 Å². The number of morpholine rings is 1. The Bertz CT molecular complexity index is 557. The summed E-state index contributed by atoms with van der Waals surface area (Å²) in [4.78, 5) is 24.8. The Kier molecular flexibility index (Phi) is 5.29. The summed E-state index contributed by atoms with van der Waals surface area (Å²) in [5, 5.41) is 13.7. The van der Waals surface area contributed by atoms with Gasteiger partial charge in [-0.05, 0) is 19.1 Å². The highest BCUT2D eigenvalue weighted by Gasteiger charge is 2.25. The van der Waals surface area contributed by atoms with Crippen LogP contribution >= 0.6 is 0 Å². The van der Waals surface area contributed by atoms with Crippen LogP contribution in [0.2, 0.25) is 0 Å². The fraction of sp³-hybridized carbons (Fsp3) is 0.500. The molecule has 2 rings (SSSR count). The van der Waals surface area contributed by atoms with Crippen molar-refractivity contribution in [3.63, 3.8) is 0 Å². The first-order valence-electron chi connectivity index (χ1n) is 6.98. The van der Waals surface area contributed by atoms with Crippen LogP contribution < -0.4 is 10.1 Å². The van der Waals surface area contributed by atoms with Crippen molar-refractivity contribution >= 4 is 17.3 Å². The van der Waals surface area contributed by atoms with E-state index in [1.807, 2.05) is 4.90 Å². The lowest BCUT2D eigenvalue weighted by Crippen LogP contribution is -2.47. The van der Waals surface area contributed by atoms with Crippen LogP contribution in [0.1, 0.15) is 6.92 Å². The Labute approximate surface area is 128 Å². The quantitative estimate of drug-likeness (QED) is 0.650. The number of nitrogens with zero attached hydrogens (tertiary/aromatic N) is 2. The van der Waals surface area contributed by atoms with Gasteiger partial charge in [0.05, 0.1) is 37.4 Å². The third-order valence-corrected chi connectivity index (χ3v) is 3.63. The van der Waals surface area contributed by atoms with Gasteiger partial charge < -0.3 is 14.8 Å². The van der Waals surface area contributed by atoms with E-state index < -0.39 is 4.92 Å². The van der Waals surface area contributed by atoms with E-state index in [9.17, 15) is 14.9 Å². The van der Waals surface area contributed by atoms with Crippen molar-refractivity contribution in [3.8, 4) is 5.75 Å². The number of carbonyl (C=O) groups excluding carboxylic acids is 1. The van der Waals surface area contributed by atoms with Crippen LogP contribution in [-0.2, 0) is 9.53 Å². The van der Waals surface area contributed by atoms with Crippen molar-refractivity contribution in [2.24, 2.45) is 0 Å². The maximum absolute atomic E-state index is 12.3. The summed E-state index contributed by atoms with van der Waals surface area (Å²) in [5.41, 5.74) is -0.0298. The first-order valence-corrected chi connectivity index (χ1v) is 6.98. The van der Waals surface area contributed by atoms with Crippen molar-refractivity contribution in [1.82, 2.24) is 4.90 Å². The highest BCUT2D eigenvalue weighted by Crippen LogP contribution is 2.29. The van der Waals surface area contributed by atoms with E-state index >= 15 is 0 Å². The molecule has 0 bridgehead atoms. The molecule has 1 aromatic rings.